The van der Waals surface area contributed by atoms with Crippen molar-refractivity contribution in [2.24, 2.45) is 7.05 Å². The van der Waals surface area contributed by atoms with E-state index >= 15 is 0 Å². The standard InChI is InChI=1S/C14H18N4S3/c1-8-9(2)21-12(7-20-8)14-16-11(4-13(19)17-14)10-5-15-18(3)6-10/h4-6,8-9,12H,7H2,1-3H3,(H,16,17,19). The number of hydrogen-bond donors (Lipinski definition) is 1. The highest BCUT2D eigenvalue weighted by atomic mass is 32.2. The molecule has 2 aromatic heterocycles. The number of nitrogens with one attached hydrogen (secondary N) is 1. The molecule has 0 saturated carbocycles. The van der Waals surface area contributed by atoms with Crippen LogP contribution in [0.4, 0.5) is 0 Å². The van der Waals surface area contributed by atoms with Crippen LogP contribution in [-0.4, -0.2) is 36.0 Å². The van der Waals surface area contributed by atoms with Gasteiger partial charge in [-0.15, -0.1) is 11.8 Å². The van der Waals surface area contributed by atoms with Crippen LogP contribution >= 0.6 is 35.7 Å². The summed E-state index contributed by atoms with van der Waals surface area (Å²) in [5.41, 5.74) is 2.04. The summed E-state index contributed by atoms with van der Waals surface area (Å²) in [6, 6.07) is 1.91. The molecule has 112 valence electrons. The largest absolute Gasteiger partial charge is 0.342 e. The van der Waals surface area contributed by atoms with Crippen LogP contribution in [0.1, 0.15) is 24.9 Å². The van der Waals surface area contributed by atoms with Gasteiger partial charge in [-0.2, -0.15) is 16.9 Å². The highest BCUT2D eigenvalue weighted by molar-refractivity contribution is 8.07. The molecule has 1 saturated heterocycles. The van der Waals surface area contributed by atoms with Crippen molar-refractivity contribution in [2.45, 2.75) is 29.6 Å². The summed E-state index contributed by atoms with van der Waals surface area (Å²) < 4.78 is 2.43. The Morgan fingerprint density at radius 3 is 2.86 bits per heavy atom. The maximum absolute atomic E-state index is 5.34. The number of thioether (sulfide) groups is 2. The summed E-state index contributed by atoms with van der Waals surface area (Å²) in [6.07, 6.45) is 3.83. The molecule has 1 aliphatic heterocycles. The zero-order valence-corrected chi connectivity index (χ0v) is 14.7. The van der Waals surface area contributed by atoms with Crippen LogP contribution in [0.3, 0.4) is 0 Å². The first kappa shape index (κ1) is 15.1. The smallest absolute Gasteiger partial charge is 0.130 e. The summed E-state index contributed by atoms with van der Waals surface area (Å²) in [6.45, 7) is 4.58. The first-order valence-corrected chi connectivity index (χ1v) is 9.30. The van der Waals surface area contributed by atoms with E-state index in [4.69, 9.17) is 12.2 Å². The Kier molecular flexibility index (Phi) is 4.42. The number of nitrogens with zero attached hydrogens (tertiary/aromatic N) is 3. The molecule has 3 unspecified atom stereocenters. The lowest BCUT2D eigenvalue weighted by Crippen LogP contribution is -2.23. The van der Waals surface area contributed by atoms with E-state index in [1.54, 1.807) is 4.68 Å². The van der Waals surface area contributed by atoms with Gasteiger partial charge in [-0.25, -0.2) is 4.98 Å². The van der Waals surface area contributed by atoms with Crippen LogP contribution < -0.4 is 0 Å². The Balaban J connectivity index is 1.93. The predicted molar refractivity (Wildman–Crippen MR) is 93.3 cm³/mol. The first-order chi connectivity index (χ1) is 10.0. The lowest BCUT2D eigenvalue weighted by molar-refractivity contribution is 0.768. The summed E-state index contributed by atoms with van der Waals surface area (Å²) in [5.74, 6) is 2.06. The molecular formula is C14H18N4S3. The number of H-pyrrole nitrogens is 1. The van der Waals surface area contributed by atoms with Crippen molar-refractivity contribution in [1.82, 2.24) is 19.7 Å². The van der Waals surface area contributed by atoms with Gasteiger partial charge in [0.25, 0.3) is 0 Å². The topological polar surface area (TPSA) is 46.5 Å². The number of hydrogen-bond acceptors (Lipinski definition) is 5. The van der Waals surface area contributed by atoms with E-state index in [1.807, 2.05) is 49.0 Å². The van der Waals surface area contributed by atoms with Crippen LogP contribution in [0.5, 0.6) is 0 Å². The molecule has 0 amide bonds. The van der Waals surface area contributed by atoms with Gasteiger partial charge in [-0.05, 0) is 6.07 Å². The lowest BCUT2D eigenvalue weighted by atomic mass is 10.2. The Morgan fingerprint density at radius 2 is 2.19 bits per heavy atom. The van der Waals surface area contributed by atoms with E-state index in [-0.39, 0.29) is 0 Å². The molecule has 0 aromatic carbocycles. The third-order valence-electron chi connectivity index (χ3n) is 3.63. The molecule has 3 rings (SSSR count). The number of rotatable bonds is 2. The van der Waals surface area contributed by atoms with Crippen molar-refractivity contribution < 1.29 is 0 Å². The monoisotopic (exact) mass is 338 g/mol. The van der Waals surface area contributed by atoms with Gasteiger partial charge in [-0.1, -0.05) is 26.1 Å². The van der Waals surface area contributed by atoms with Crippen LogP contribution in [0.15, 0.2) is 18.5 Å². The minimum absolute atomic E-state index is 0.375. The number of aromatic amines is 1. The Hall–Kier alpha value is -0.790. The minimum Gasteiger partial charge on any atom is -0.342 e. The summed E-state index contributed by atoms with van der Waals surface area (Å²) in [5, 5.41) is 5.91. The fourth-order valence-electron chi connectivity index (χ4n) is 2.27. The van der Waals surface area contributed by atoms with Crippen molar-refractivity contribution in [3.63, 3.8) is 0 Å². The summed E-state index contributed by atoms with van der Waals surface area (Å²) >= 11 is 9.33. The highest BCUT2D eigenvalue weighted by Crippen LogP contribution is 2.43. The Bertz CT molecular complexity index is 694. The molecule has 2 aromatic rings. The normalized spacial score (nSPS) is 26.0. The van der Waals surface area contributed by atoms with E-state index in [1.165, 1.54) is 0 Å². The van der Waals surface area contributed by atoms with Crippen molar-refractivity contribution in [2.75, 3.05) is 5.75 Å². The van der Waals surface area contributed by atoms with Gasteiger partial charge in [0.1, 0.15) is 10.5 Å². The van der Waals surface area contributed by atoms with Crippen molar-refractivity contribution in [1.29, 1.82) is 0 Å². The Labute approximate surface area is 138 Å². The minimum atomic E-state index is 0.375. The molecule has 1 aliphatic rings. The van der Waals surface area contributed by atoms with E-state index in [0.29, 0.717) is 20.4 Å². The van der Waals surface area contributed by atoms with Gasteiger partial charge in [0.05, 0.1) is 17.1 Å². The summed E-state index contributed by atoms with van der Waals surface area (Å²) in [4.78, 5) is 8.00. The maximum atomic E-state index is 5.34. The van der Waals surface area contributed by atoms with Gasteiger partial charge in [0.15, 0.2) is 0 Å². The van der Waals surface area contributed by atoms with Crippen molar-refractivity contribution in [3.05, 3.63) is 28.9 Å². The molecule has 21 heavy (non-hydrogen) atoms. The van der Waals surface area contributed by atoms with E-state index < -0.39 is 0 Å². The van der Waals surface area contributed by atoms with Gasteiger partial charge < -0.3 is 4.98 Å². The molecule has 7 heteroatoms. The third kappa shape index (κ3) is 3.35. The molecule has 1 N–H and O–H groups in total. The zero-order chi connectivity index (χ0) is 15.0. The molecule has 3 atom stereocenters. The second-order valence-corrected chi connectivity index (χ2v) is 8.70. The van der Waals surface area contributed by atoms with Crippen LogP contribution in [0, 0.1) is 4.64 Å². The molecule has 0 radical (unpaired) electrons. The van der Waals surface area contributed by atoms with E-state index in [0.717, 1.165) is 22.8 Å². The average Bonchev–Trinajstić information content (AvgIpc) is 2.88. The molecule has 0 spiro atoms. The molecule has 1 fully saturated rings. The van der Waals surface area contributed by atoms with Gasteiger partial charge in [-0.3, -0.25) is 4.68 Å². The maximum Gasteiger partial charge on any atom is 0.130 e. The zero-order valence-electron chi connectivity index (χ0n) is 12.2. The fourth-order valence-corrected chi connectivity index (χ4v) is 5.35. The van der Waals surface area contributed by atoms with Gasteiger partial charge >= 0.3 is 0 Å². The van der Waals surface area contributed by atoms with Crippen LogP contribution in [-0.2, 0) is 7.05 Å². The second kappa shape index (κ2) is 6.14. The molecule has 0 bridgehead atoms. The van der Waals surface area contributed by atoms with Gasteiger partial charge in [0.2, 0.25) is 0 Å². The molecule has 3 heterocycles. The Morgan fingerprint density at radius 1 is 1.38 bits per heavy atom. The molecule has 4 nitrogen and oxygen atoms in total. The molecule has 0 aliphatic carbocycles. The third-order valence-corrected chi connectivity index (χ3v) is 7.24. The van der Waals surface area contributed by atoms with Gasteiger partial charge in [0, 0.05) is 35.1 Å². The SMILES string of the molecule is CC1SCC(c2nc(=S)cc(-c3cnn(C)c3)[nH]2)SC1C. The number of aromatic nitrogens is 4. The summed E-state index contributed by atoms with van der Waals surface area (Å²) in [7, 11) is 1.91. The fraction of sp³-hybridized carbons (Fsp3) is 0.500. The quantitative estimate of drug-likeness (QED) is 0.843. The van der Waals surface area contributed by atoms with Crippen LogP contribution in [0.25, 0.3) is 11.3 Å². The lowest BCUT2D eigenvalue weighted by Gasteiger charge is -2.30. The second-order valence-electron chi connectivity index (χ2n) is 5.29. The van der Waals surface area contributed by atoms with Crippen molar-refractivity contribution >= 4 is 35.7 Å². The van der Waals surface area contributed by atoms with Crippen molar-refractivity contribution in [3.8, 4) is 11.3 Å². The predicted octanol–water partition coefficient (Wildman–Crippen LogP) is 3.84. The van der Waals surface area contributed by atoms with Crippen LogP contribution in [0.2, 0.25) is 0 Å². The molecular weight excluding hydrogens is 320 g/mol. The van der Waals surface area contributed by atoms with E-state index in [9.17, 15) is 0 Å². The van der Waals surface area contributed by atoms with E-state index in [2.05, 4.69) is 28.9 Å². The highest BCUT2D eigenvalue weighted by Gasteiger charge is 2.28. The average molecular weight is 339 g/mol. The number of aryl methyl sites for hydroxylation is 1. The first-order valence-electron chi connectivity index (χ1n) is 6.90.